The van der Waals surface area contributed by atoms with E-state index in [9.17, 15) is 15.3 Å². The maximum Gasteiger partial charge on any atom is 0.0525 e. The van der Waals surface area contributed by atoms with Crippen LogP contribution in [0.3, 0.4) is 0 Å². The quantitative estimate of drug-likeness (QED) is 0.193. The highest BCUT2D eigenvalue weighted by molar-refractivity contribution is 5.41. The number of aliphatic hydroxyl groups excluding tert-OH is 3. The normalized spacial score (nSPS) is 17.9. The SMILES string of the molecule is CCC(C)(CO)c1cccc(C(C)CC(c2cccc(C(C)(CC)CO)c2)c2cccc(C(C)(CC)CO)c2)c1. The second-order valence-corrected chi connectivity index (χ2v) is 12.8. The van der Waals surface area contributed by atoms with Crippen LogP contribution in [0.2, 0.25) is 0 Å². The molecular weight excluding hydrogens is 492 g/mol. The van der Waals surface area contributed by atoms with Gasteiger partial charge in [0.15, 0.2) is 0 Å². The molecule has 3 aromatic rings. The maximum absolute atomic E-state index is 10.3. The standard InChI is InChI=1S/C37H52O3/c1-8-35(5,24-38)31-17-11-14-28(21-31)27(4)20-34(29-15-12-18-32(22-29)36(6,9-2)25-39)30-16-13-19-33(23-30)37(7,10-3)26-40/h11-19,21-23,27,34,38-40H,8-10,20,24-26H2,1-7H3. The molecule has 0 fully saturated rings. The highest BCUT2D eigenvalue weighted by Crippen LogP contribution is 2.40. The van der Waals surface area contributed by atoms with Crippen LogP contribution in [0.25, 0.3) is 0 Å². The lowest BCUT2D eigenvalue weighted by molar-refractivity contribution is 0.201. The molecule has 40 heavy (non-hydrogen) atoms. The predicted octanol–water partition coefficient (Wildman–Crippen LogP) is 7.99. The summed E-state index contributed by atoms with van der Waals surface area (Å²) < 4.78 is 0. The third kappa shape index (κ3) is 6.70. The minimum atomic E-state index is -0.283. The van der Waals surface area contributed by atoms with Gasteiger partial charge in [0, 0.05) is 22.2 Å². The molecule has 0 bridgehead atoms. The highest BCUT2D eigenvalue weighted by atomic mass is 16.3. The van der Waals surface area contributed by atoms with Gasteiger partial charge in [-0.3, -0.25) is 0 Å². The first-order valence-corrected chi connectivity index (χ1v) is 15.2. The maximum atomic E-state index is 10.3. The molecule has 0 spiro atoms. The number of hydrogen-bond donors (Lipinski definition) is 3. The Morgan fingerprint density at radius 1 is 0.550 bits per heavy atom. The molecule has 0 aliphatic heterocycles. The third-order valence-electron chi connectivity index (χ3n) is 10.1. The van der Waals surface area contributed by atoms with Crippen LogP contribution < -0.4 is 0 Å². The fraction of sp³-hybridized carbons (Fsp3) is 0.514. The Labute approximate surface area is 243 Å². The fourth-order valence-electron chi connectivity index (χ4n) is 5.66. The molecule has 3 N–H and O–H groups in total. The van der Waals surface area contributed by atoms with Crippen LogP contribution >= 0.6 is 0 Å². The largest absolute Gasteiger partial charge is 0.395 e. The van der Waals surface area contributed by atoms with Crippen molar-refractivity contribution in [1.82, 2.24) is 0 Å². The van der Waals surface area contributed by atoms with Gasteiger partial charge in [-0.15, -0.1) is 0 Å². The van der Waals surface area contributed by atoms with Gasteiger partial charge in [-0.2, -0.15) is 0 Å². The van der Waals surface area contributed by atoms with Crippen molar-refractivity contribution >= 4 is 0 Å². The van der Waals surface area contributed by atoms with E-state index < -0.39 is 0 Å². The van der Waals surface area contributed by atoms with Crippen LogP contribution in [-0.4, -0.2) is 35.1 Å². The summed E-state index contributed by atoms with van der Waals surface area (Å²) >= 11 is 0. The Morgan fingerprint density at radius 3 is 1.20 bits per heavy atom. The molecule has 0 radical (unpaired) electrons. The second-order valence-electron chi connectivity index (χ2n) is 12.8. The zero-order valence-electron chi connectivity index (χ0n) is 25.9. The number of rotatable bonds is 14. The van der Waals surface area contributed by atoms with E-state index in [1.165, 1.54) is 33.4 Å². The summed E-state index contributed by atoms with van der Waals surface area (Å²) in [6, 6.07) is 26.4. The highest BCUT2D eigenvalue weighted by Gasteiger charge is 2.29. The molecule has 3 heteroatoms. The Hall–Kier alpha value is -2.46. The zero-order chi connectivity index (χ0) is 29.6. The fourth-order valence-corrected chi connectivity index (χ4v) is 5.66. The third-order valence-corrected chi connectivity index (χ3v) is 10.1. The van der Waals surface area contributed by atoms with Gasteiger partial charge in [-0.25, -0.2) is 0 Å². The summed E-state index contributed by atoms with van der Waals surface area (Å²) in [5.41, 5.74) is 6.49. The number of aliphatic hydroxyl groups is 3. The Balaban J connectivity index is 2.11. The average molecular weight is 545 g/mol. The lowest BCUT2D eigenvalue weighted by Crippen LogP contribution is -2.26. The Morgan fingerprint density at radius 2 is 0.875 bits per heavy atom. The number of benzene rings is 3. The summed E-state index contributed by atoms with van der Waals surface area (Å²) in [4.78, 5) is 0. The second kappa shape index (κ2) is 13.5. The average Bonchev–Trinajstić information content (AvgIpc) is 3.02. The summed E-state index contributed by atoms with van der Waals surface area (Å²) in [6.07, 6.45) is 3.53. The minimum absolute atomic E-state index is 0.114. The van der Waals surface area contributed by atoms with Crippen molar-refractivity contribution in [3.8, 4) is 0 Å². The lowest BCUT2D eigenvalue weighted by atomic mass is 9.74. The van der Waals surface area contributed by atoms with Crippen molar-refractivity contribution in [2.45, 2.75) is 102 Å². The predicted molar refractivity (Wildman–Crippen MR) is 168 cm³/mol. The molecular formula is C37H52O3. The molecule has 0 aromatic heterocycles. The van der Waals surface area contributed by atoms with Gasteiger partial charge in [0.2, 0.25) is 0 Å². The van der Waals surface area contributed by atoms with E-state index in [0.717, 1.165) is 25.7 Å². The first-order valence-electron chi connectivity index (χ1n) is 15.2. The van der Waals surface area contributed by atoms with Crippen LogP contribution in [0.4, 0.5) is 0 Å². The van der Waals surface area contributed by atoms with Crippen molar-refractivity contribution in [2.75, 3.05) is 19.8 Å². The van der Waals surface area contributed by atoms with Crippen LogP contribution in [0.5, 0.6) is 0 Å². The van der Waals surface area contributed by atoms with Crippen LogP contribution in [-0.2, 0) is 16.2 Å². The van der Waals surface area contributed by atoms with E-state index in [1.807, 2.05) is 0 Å². The molecule has 0 saturated carbocycles. The first-order chi connectivity index (χ1) is 19.0. The van der Waals surface area contributed by atoms with Gasteiger partial charge in [-0.1, -0.05) is 121 Å². The molecule has 0 aliphatic rings. The Kier molecular flexibility index (Phi) is 10.8. The van der Waals surface area contributed by atoms with E-state index in [1.54, 1.807) is 0 Å². The Bertz CT molecular complexity index is 1160. The number of hydrogen-bond acceptors (Lipinski definition) is 3. The van der Waals surface area contributed by atoms with E-state index in [2.05, 4.69) is 121 Å². The monoisotopic (exact) mass is 544 g/mol. The van der Waals surface area contributed by atoms with Crippen LogP contribution in [0, 0.1) is 0 Å². The molecule has 3 nitrogen and oxygen atoms in total. The molecule has 3 rings (SSSR count). The molecule has 0 aliphatic carbocycles. The van der Waals surface area contributed by atoms with Gasteiger partial charge in [-0.05, 0) is 65.0 Å². The zero-order valence-corrected chi connectivity index (χ0v) is 25.9. The minimum Gasteiger partial charge on any atom is -0.395 e. The van der Waals surface area contributed by atoms with Gasteiger partial charge in [0.25, 0.3) is 0 Å². The molecule has 218 valence electrons. The first kappa shape index (κ1) is 32.1. The summed E-state index contributed by atoms with van der Waals surface area (Å²) in [5.74, 6) is 0.427. The summed E-state index contributed by atoms with van der Waals surface area (Å²) in [5, 5.41) is 30.6. The molecule has 4 atom stereocenters. The van der Waals surface area contributed by atoms with E-state index in [4.69, 9.17) is 0 Å². The van der Waals surface area contributed by atoms with Crippen molar-refractivity contribution in [1.29, 1.82) is 0 Å². The summed E-state index contributed by atoms with van der Waals surface area (Å²) in [7, 11) is 0. The van der Waals surface area contributed by atoms with Gasteiger partial charge >= 0.3 is 0 Å². The molecule has 0 saturated heterocycles. The van der Waals surface area contributed by atoms with Gasteiger partial charge in [0.1, 0.15) is 0 Å². The van der Waals surface area contributed by atoms with Crippen molar-refractivity contribution < 1.29 is 15.3 Å². The molecule has 0 heterocycles. The lowest BCUT2D eigenvalue weighted by Gasteiger charge is -2.31. The van der Waals surface area contributed by atoms with Crippen molar-refractivity contribution in [3.63, 3.8) is 0 Å². The molecule has 3 aromatic carbocycles. The smallest absolute Gasteiger partial charge is 0.0525 e. The van der Waals surface area contributed by atoms with Gasteiger partial charge < -0.3 is 15.3 Å². The van der Waals surface area contributed by atoms with Gasteiger partial charge in [0.05, 0.1) is 19.8 Å². The van der Waals surface area contributed by atoms with E-state index in [0.29, 0.717) is 0 Å². The van der Waals surface area contributed by atoms with E-state index in [-0.39, 0.29) is 47.9 Å². The topological polar surface area (TPSA) is 60.7 Å². The molecule has 0 amide bonds. The summed E-state index contributed by atoms with van der Waals surface area (Å²) in [6.45, 7) is 15.5. The van der Waals surface area contributed by atoms with E-state index >= 15 is 0 Å². The molecule has 4 unspecified atom stereocenters. The van der Waals surface area contributed by atoms with Crippen molar-refractivity contribution in [3.05, 3.63) is 106 Å². The van der Waals surface area contributed by atoms with Crippen molar-refractivity contribution in [2.24, 2.45) is 0 Å². The van der Waals surface area contributed by atoms with Crippen LogP contribution in [0.15, 0.2) is 72.8 Å². The van der Waals surface area contributed by atoms with Crippen LogP contribution in [0.1, 0.15) is 119 Å².